The molecule has 1 aliphatic heterocycles. The van der Waals surface area contributed by atoms with Crippen LogP contribution in [0.25, 0.3) is 0 Å². The van der Waals surface area contributed by atoms with E-state index in [1.165, 1.54) is 0 Å². The first-order valence-electron chi connectivity index (χ1n) is 7.79. The Morgan fingerprint density at radius 2 is 1.58 bits per heavy atom. The zero-order valence-corrected chi connectivity index (χ0v) is 15.1. The summed E-state index contributed by atoms with van der Waals surface area (Å²) in [6, 6.07) is 14.2. The van der Waals surface area contributed by atoms with E-state index < -0.39 is 10.0 Å². The highest BCUT2D eigenvalue weighted by atomic mass is 32.2. The Morgan fingerprint density at radius 1 is 0.958 bits per heavy atom. The Labute approximate surface area is 143 Å². The highest BCUT2D eigenvalue weighted by Crippen LogP contribution is 2.34. The van der Waals surface area contributed by atoms with Gasteiger partial charge in [-0.2, -0.15) is 12.8 Å². The van der Waals surface area contributed by atoms with E-state index in [4.69, 9.17) is 0 Å². The number of hydrogen-bond donors (Lipinski definition) is 0. The molecule has 0 amide bonds. The van der Waals surface area contributed by atoms with Crippen LogP contribution in [0.1, 0.15) is 31.9 Å². The minimum Gasteiger partial charge on any atom is -0.250 e. The first-order chi connectivity index (χ1) is 11.2. The fourth-order valence-electron chi connectivity index (χ4n) is 2.57. The molecule has 0 saturated heterocycles. The molecule has 1 heterocycles. The van der Waals surface area contributed by atoms with Gasteiger partial charge in [-0.3, -0.25) is 0 Å². The fourth-order valence-corrected chi connectivity index (χ4v) is 3.58. The molecule has 0 bridgehead atoms. The lowest BCUT2D eigenvalue weighted by Crippen LogP contribution is -2.27. The summed E-state index contributed by atoms with van der Waals surface area (Å²) < 4.78 is 29.6. The highest BCUT2D eigenvalue weighted by Gasteiger charge is 2.32. The number of benzene rings is 2. The Balaban J connectivity index is 2.16. The average Bonchev–Trinajstić information content (AvgIpc) is 2.86. The highest BCUT2D eigenvalue weighted by molar-refractivity contribution is 7.90. The zero-order valence-electron chi connectivity index (χ0n) is 14.2. The number of sulfonamides is 1. The van der Waals surface area contributed by atoms with Crippen molar-refractivity contribution in [2.24, 2.45) is 14.8 Å². The van der Waals surface area contributed by atoms with Gasteiger partial charge >= 0.3 is 0 Å². The van der Waals surface area contributed by atoms with Crippen molar-refractivity contribution in [2.45, 2.75) is 32.6 Å². The standard InChI is InChI=1S/C19H20N2O2S/c1-13-9-11-14(12-10-13)24(22,23)21-17-15-7-5-6-8-16(15)20-18(17)19(2,3)4/h5-12H,1-4H3/b21-17+. The quantitative estimate of drug-likeness (QED) is 0.818. The van der Waals surface area contributed by atoms with Crippen molar-refractivity contribution in [1.29, 1.82) is 0 Å². The predicted molar refractivity (Wildman–Crippen MR) is 97.9 cm³/mol. The smallest absolute Gasteiger partial charge is 0.250 e. The normalized spacial score (nSPS) is 16.2. The lowest BCUT2D eigenvalue weighted by Gasteiger charge is -2.19. The number of nitrogens with zero attached hydrogens (tertiary/aromatic N) is 2. The molecule has 0 atom stereocenters. The second kappa shape index (κ2) is 5.67. The Kier molecular flexibility index (Phi) is 3.92. The maximum absolute atomic E-state index is 12.7. The first kappa shape index (κ1) is 16.6. The number of fused-ring (bicyclic) bond motifs is 1. The monoisotopic (exact) mass is 340 g/mol. The van der Waals surface area contributed by atoms with Gasteiger partial charge in [-0.15, -0.1) is 0 Å². The van der Waals surface area contributed by atoms with Gasteiger partial charge in [0.2, 0.25) is 0 Å². The third-order valence-corrected chi connectivity index (χ3v) is 5.15. The molecule has 5 heteroatoms. The van der Waals surface area contributed by atoms with E-state index in [1.54, 1.807) is 24.3 Å². The van der Waals surface area contributed by atoms with Gasteiger partial charge in [0, 0.05) is 11.0 Å². The van der Waals surface area contributed by atoms with Gasteiger partial charge < -0.3 is 0 Å². The molecule has 0 unspecified atom stereocenters. The van der Waals surface area contributed by atoms with Crippen LogP contribution in [0.4, 0.5) is 5.69 Å². The van der Waals surface area contributed by atoms with Crippen LogP contribution in [0.2, 0.25) is 0 Å². The summed E-state index contributed by atoms with van der Waals surface area (Å²) in [5.74, 6) is 0. The summed E-state index contributed by atoms with van der Waals surface area (Å²) in [5.41, 5.74) is 3.36. The summed E-state index contributed by atoms with van der Waals surface area (Å²) >= 11 is 0. The summed E-state index contributed by atoms with van der Waals surface area (Å²) in [6.45, 7) is 7.93. The Morgan fingerprint density at radius 3 is 2.21 bits per heavy atom. The molecule has 0 fully saturated rings. The van der Waals surface area contributed by atoms with Crippen molar-refractivity contribution in [2.75, 3.05) is 0 Å². The number of rotatable bonds is 2. The van der Waals surface area contributed by atoms with E-state index >= 15 is 0 Å². The van der Waals surface area contributed by atoms with E-state index in [0.717, 1.165) is 16.8 Å². The minimum absolute atomic E-state index is 0.193. The van der Waals surface area contributed by atoms with Gasteiger partial charge in [-0.1, -0.05) is 56.7 Å². The summed E-state index contributed by atoms with van der Waals surface area (Å²) in [6.07, 6.45) is 0. The second-order valence-corrected chi connectivity index (χ2v) is 8.56. The van der Waals surface area contributed by atoms with Crippen LogP contribution < -0.4 is 0 Å². The molecule has 124 valence electrons. The predicted octanol–water partition coefficient (Wildman–Crippen LogP) is 4.31. The van der Waals surface area contributed by atoms with Gasteiger partial charge in [0.1, 0.15) is 5.71 Å². The van der Waals surface area contributed by atoms with Crippen molar-refractivity contribution in [3.8, 4) is 0 Å². The summed E-state index contributed by atoms with van der Waals surface area (Å²) in [5, 5.41) is 0. The van der Waals surface area contributed by atoms with Gasteiger partial charge in [-0.05, 0) is 25.1 Å². The maximum atomic E-state index is 12.7. The molecular formula is C19H20N2O2S. The molecule has 3 rings (SSSR count). The summed E-state index contributed by atoms with van der Waals surface area (Å²) in [4.78, 5) is 4.81. The van der Waals surface area contributed by atoms with Crippen molar-refractivity contribution >= 4 is 27.1 Å². The molecule has 0 spiro atoms. The lowest BCUT2D eigenvalue weighted by molar-refractivity contribution is 0.596. The number of hydrogen-bond acceptors (Lipinski definition) is 3. The number of aryl methyl sites for hydroxylation is 1. The first-order valence-corrected chi connectivity index (χ1v) is 9.23. The average molecular weight is 340 g/mol. The van der Waals surface area contributed by atoms with Gasteiger partial charge in [-0.25, -0.2) is 4.99 Å². The van der Waals surface area contributed by atoms with Crippen LogP contribution in [0.3, 0.4) is 0 Å². The van der Waals surface area contributed by atoms with Gasteiger partial charge in [0.05, 0.1) is 16.3 Å². The number of para-hydroxylation sites is 1. The van der Waals surface area contributed by atoms with Crippen molar-refractivity contribution < 1.29 is 8.42 Å². The Bertz CT molecular complexity index is 948. The molecule has 1 aliphatic rings. The maximum Gasteiger partial charge on any atom is 0.282 e. The lowest BCUT2D eigenvalue weighted by atomic mass is 9.86. The van der Waals surface area contributed by atoms with Crippen LogP contribution in [-0.2, 0) is 10.0 Å². The van der Waals surface area contributed by atoms with E-state index in [9.17, 15) is 8.42 Å². The zero-order chi connectivity index (χ0) is 17.5. The molecule has 0 aliphatic carbocycles. The van der Waals surface area contributed by atoms with Crippen LogP contribution in [0.15, 0.2) is 62.8 Å². The molecule has 0 aromatic heterocycles. The van der Waals surface area contributed by atoms with Crippen LogP contribution in [-0.4, -0.2) is 19.8 Å². The molecule has 4 nitrogen and oxygen atoms in total. The minimum atomic E-state index is -3.79. The van der Waals surface area contributed by atoms with E-state index in [0.29, 0.717) is 11.4 Å². The van der Waals surface area contributed by atoms with Crippen molar-refractivity contribution in [3.05, 3.63) is 59.7 Å². The topological polar surface area (TPSA) is 58.9 Å². The Hall–Kier alpha value is -2.27. The third-order valence-electron chi connectivity index (χ3n) is 3.86. The third kappa shape index (κ3) is 3.04. The van der Waals surface area contributed by atoms with E-state index in [1.807, 2.05) is 52.0 Å². The van der Waals surface area contributed by atoms with E-state index in [-0.39, 0.29) is 10.3 Å². The van der Waals surface area contributed by atoms with Gasteiger partial charge in [0.15, 0.2) is 0 Å². The van der Waals surface area contributed by atoms with Crippen molar-refractivity contribution in [3.63, 3.8) is 0 Å². The molecular weight excluding hydrogens is 320 g/mol. The molecule has 24 heavy (non-hydrogen) atoms. The molecule has 0 saturated carbocycles. The summed E-state index contributed by atoms with van der Waals surface area (Å²) in [7, 11) is -3.79. The fraction of sp³-hybridized carbons (Fsp3) is 0.263. The number of aliphatic imine (C=N–C) groups is 1. The molecule has 0 radical (unpaired) electrons. The van der Waals surface area contributed by atoms with E-state index in [2.05, 4.69) is 9.39 Å². The molecule has 2 aromatic carbocycles. The van der Waals surface area contributed by atoms with Crippen LogP contribution >= 0.6 is 0 Å². The molecule has 2 aromatic rings. The van der Waals surface area contributed by atoms with Crippen LogP contribution in [0.5, 0.6) is 0 Å². The molecule has 0 N–H and O–H groups in total. The second-order valence-electron chi connectivity index (χ2n) is 6.96. The van der Waals surface area contributed by atoms with Crippen LogP contribution in [0, 0.1) is 12.3 Å². The van der Waals surface area contributed by atoms with Gasteiger partial charge in [0.25, 0.3) is 10.0 Å². The largest absolute Gasteiger partial charge is 0.282 e. The SMILES string of the molecule is Cc1ccc(S(=O)(=O)/N=C2/C(C(C)(C)C)=Nc3ccccc32)cc1. The van der Waals surface area contributed by atoms with Crippen molar-refractivity contribution in [1.82, 2.24) is 0 Å².